The van der Waals surface area contributed by atoms with Gasteiger partial charge in [-0.1, -0.05) is 18.2 Å². The first-order valence-corrected chi connectivity index (χ1v) is 12.6. The lowest BCUT2D eigenvalue weighted by molar-refractivity contribution is 0.0785. The topological polar surface area (TPSA) is 56.2 Å². The van der Waals surface area contributed by atoms with Crippen molar-refractivity contribution in [1.29, 1.82) is 0 Å². The molecule has 1 aliphatic rings. The fourth-order valence-electron chi connectivity index (χ4n) is 5.04. The lowest BCUT2D eigenvalue weighted by Crippen LogP contribution is -2.36. The van der Waals surface area contributed by atoms with Crippen molar-refractivity contribution in [1.82, 2.24) is 9.47 Å². The van der Waals surface area contributed by atoms with Gasteiger partial charge in [0.1, 0.15) is 11.5 Å². The Bertz CT molecular complexity index is 1250. The quantitative estimate of drug-likeness (QED) is 0.426. The van der Waals surface area contributed by atoms with E-state index in [0.29, 0.717) is 49.9 Å². The third-order valence-electron chi connectivity index (χ3n) is 7.02. The molecule has 0 radical (unpaired) electrons. The summed E-state index contributed by atoms with van der Waals surface area (Å²) in [6.07, 6.45) is 0.668. The summed E-state index contributed by atoms with van der Waals surface area (Å²) in [5, 5.41) is 0. The Morgan fingerprint density at radius 1 is 1.03 bits per heavy atom. The molecule has 37 heavy (non-hydrogen) atoms. The number of hydrogen-bond donors (Lipinski definition) is 0. The minimum Gasteiger partial charge on any atom is -0.493 e. The molecule has 8 heteroatoms. The van der Waals surface area contributed by atoms with E-state index in [4.69, 9.17) is 14.2 Å². The van der Waals surface area contributed by atoms with Crippen molar-refractivity contribution < 1.29 is 23.4 Å². The first kappa shape index (κ1) is 26.5. The van der Waals surface area contributed by atoms with Crippen molar-refractivity contribution in [3.8, 4) is 11.5 Å². The summed E-state index contributed by atoms with van der Waals surface area (Å²) in [7, 11) is 5.05. The van der Waals surface area contributed by atoms with Crippen LogP contribution in [0.4, 0.5) is 10.1 Å². The van der Waals surface area contributed by atoms with E-state index in [9.17, 15) is 9.18 Å². The zero-order valence-corrected chi connectivity index (χ0v) is 22.3. The van der Waals surface area contributed by atoms with E-state index >= 15 is 0 Å². The minimum absolute atomic E-state index is 0.0583. The number of benzene rings is 2. The van der Waals surface area contributed by atoms with Crippen molar-refractivity contribution in [2.75, 3.05) is 59.0 Å². The summed E-state index contributed by atoms with van der Waals surface area (Å²) in [5.74, 6) is 0.997. The minimum atomic E-state index is -0.285. The molecule has 1 amide bonds. The van der Waals surface area contributed by atoms with Crippen LogP contribution in [0.15, 0.2) is 42.5 Å². The van der Waals surface area contributed by atoms with Crippen LogP contribution in [0.5, 0.6) is 11.5 Å². The Balaban J connectivity index is 1.63. The van der Waals surface area contributed by atoms with Crippen LogP contribution in [-0.4, -0.2) is 69.5 Å². The monoisotopic (exact) mass is 509 g/mol. The van der Waals surface area contributed by atoms with Crippen molar-refractivity contribution in [2.24, 2.45) is 0 Å². The molecule has 198 valence electrons. The molecule has 7 nitrogen and oxygen atoms in total. The molecule has 0 unspecified atom stereocenters. The highest BCUT2D eigenvalue weighted by Crippen LogP contribution is 2.33. The van der Waals surface area contributed by atoms with Gasteiger partial charge >= 0.3 is 0 Å². The number of rotatable bonds is 9. The number of halogens is 1. The highest BCUT2D eigenvalue weighted by molar-refractivity contribution is 5.96. The average molecular weight is 510 g/mol. The predicted octanol–water partition coefficient (Wildman–Crippen LogP) is 4.46. The third kappa shape index (κ3) is 5.74. The normalized spacial score (nSPS) is 13.5. The van der Waals surface area contributed by atoms with Crippen LogP contribution < -0.4 is 14.4 Å². The Labute approximate surface area is 218 Å². The van der Waals surface area contributed by atoms with E-state index in [-0.39, 0.29) is 11.7 Å². The number of anilines is 1. The molecule has 4 rings (SSSR count). The number of morpholine rings is 1. The average Bonchev–Trinajstić information content (AvgIpc) is 3.15. The first-order chi connectivity index (χ1) is 17.8. The molecule has 2 aromatic carbocycles. The molecule has 0 bridgehead atoms. The van der Waals surface area contributed by atoms with Crippen LogP contribution in [0, 0.1) is 19.7 Å². The number of aromatic nitrogens is 1. The Morgan fingerprint density at radius 3 is 2.43 bits per heavy atom. The largest absolute Gasteiger partial charge is 0.493 e. The van der Waals surface area contributed by atoms with Gasteiger partial charge in [-0.2, -0.15) is 0 Å². The summed E-state index contributed by atoms with van der Waals surface area (Å²) >= 11 is 0. The predicted molar refractivity (Wildman–Crippen MR) is 143 cm³/mol. The van der Waals surface area contributed by atoms with Crippen molar-refractivity contribution >= 4 is 11.6 Å². The first-order valence-electron chi connectivity index (χ1n) is 12.6. The molecule has 1 saturated heterocycles. The number of ether oxygens (including phenoxy) is 3. The molecule has 1 aromatic heterocycles. The number of likely N-dealkylation sites (N-methyl/N-ethyl adjacent to an activating group) is 1. The number of methoxy groups -OCH3 is 2. The maximum atomic E-state index is 14.0. The van der Waals surface area contributed by atoms with Gasteiger partial charge in [-0.3, -0.25) is 4.79 Å². The van der Waals surface area contributed by atoms with Crippen molar-refractivity contribution in [2.45, 2.75) is 26.8 Å². The summed E-state index contributed by atoms with van der Waals surface area (Å²) in [4.78, 5) is 17.9. The van der Waals surface area contributed by atoms with Crippen LogP contribution in [0.2, 0.25) is 0 Å². The van der Waals surface area contributed by atoms with Gasteiger partial charge in [-0.15, -0.1) is 0 Å². The smallest absolute Gasteiger partial charge is 0.270 e. The molecule has 0 N–H and O–H groups in total. The third-order valence-corrected chi connectivity index (χ3v) is 7.02. The molecule has 0 aliphatic carbocycles. The molecular formula is C29H36FN3O4. The van der Waals surface area contributed by atoms with Gasteiger partial charge in [0.15, 0.2) is 11.5 Å². The maximum absolute atomic E-state index is 14.0. The maximum Gasteiger partial charge on any atom is 0.270 e. The van der Waals surface area contributed by atoms with E-state index in [1.54, 1.807) is 25.2 Å². The van der Waals surface area contributed by atoms with Gasteiger partial charge in [-0.25, -0.2) is 4.39 Å². The fourth-order valence-corrected chi connectivity index (χ4v) is 5.04. The number of hydrogen-bond acceptors (Lipinski definition) is 5. The second kappa shape index (κ2) is 11.7. The van der Waals surface area contributed by atoms with Crippen LogP contribution in [0.25, 0.3) is 0 Å². The van der Waals surface area contributed by atoms with E-state index in [1.807, 2.05) is 49.7 Å². The van der Waals surface area contributed by atoms with Gasteiger partial charge < -0.3 is 28.6 Å². The zero-order valence-electron chi connectivity index (χ0n) is 22.3. The van der Waals surface area contributed by atoms with Gasteiger partial charge in [-0.05, 0) is 55.7 Å². The van der Waals surface area contributed by atoms with Crippen LogP contribution in [0.1, 0.15) is 32.9 Å². The second-order valence-corrected chi connectivity index (χ2v) is 9.39. The highest BCUT2D eigenvalue weighted by Gasteiger charge is 2.28. The van der Waals surface area contributed by atoms with Crippen LogP contribution >= 0.6 is 0 Å². The Morgan fingerprint density at radius 2 is 1.76 bits per heavy atom. The number of amides is 1. The number of carbonyl (C=O) groups excluding carboxylic acids is 1. The van der Waals surface area contributed by atoms with Gasteiger partial charge in [0, 0.05) is 44.5 Å². The summed E-state index contributed by atoms with van der Waals surface area (Å²) in [6, 6.07) is 12.4. The standard InChI is InChI=1S/C29H36FN3O4/c1-20-27(32-13-15-37-16-14-32)21(2)33(19-23-7-6-8-24(30)17-23)28(20)29(34)31(3)12-11-22-9-10-25(35-4)26(18-22)36-5/h6-10,17-18H,11-16,19H2,1-5H3. The van der Waals surface area contributed by atoms with Crippen LogP contribution in [-0.2, 0) is 17.7 Å². The summed E-state index contributed by atoms with van der Waals surface area (Å²) in [5.41, 5.74) is 5.51. The number of nitrogens with zero attached hydrogens (tertiary/aromatic N) is 3. The molecule has 3 aromatic rings. The zero-order chi connectivity index (χ0) is 26.5. The fraction of sp³-hybridized carbons (Fsp3) is 0.414. The van der Waals surface area contributed by atoms with E-state index < -0.39 is 0 Å². The second-order valence-electron chi connectivity index (χ2n) is 9.39. The van der Waals surface area contributed by atoms with E-state index in [0.717, 1.165) is 41.2 Å². The van der Waals surface area contributed by atoms with Crippen molar-refractivity contribution in [3.63, 3.8) is 0 Å². The summed E-state index contributed by atoms with van der Waals surface area (Å²) < 4.78 is 32.3. The summed E-state index contributed by atoms with van der Waals surface area (Å²) in [6.45, 7) is 7.85. The molecule has 0 spiro atoms. The molecule has 0 atom stereocenters. The highest BCUT2D eigenvalue weighted by atomic mass is 19.1. The molecule has 2 heterocycles. The lowest BCUT2D eigenvalue weighted by Gasteiger charge is -2.29. The molecule has 0 saturated carbocycles. The number of carbonyl (C=O) groups is 1. The molecule has 1 aliphatic heterocycles. The van der Waals surface area contributed by atoms with Crippen LogP contribution in [0.3, 0.4) is 0 Å². The lowest BCUT2D eigenvalue weighted by atomic mass is 10.1. The van der Waals surface area contributed by atoms with Gasteiger partial charge in [0.2, 0.25) is 0 Å². The molecule has 1 fully saturated rings. The van der Waals surface area contributed by atoms with E-state index in [1.165, 1.54) is 12.1 Å². The van der Waals surface area contributed by atoms with E-state index in [2.05, 4.69) is 4.90 Å². The van der Waals surface area contributed by atoms with Gasteiger partial charge in [0.25, 0.3) is 5.91 Å². The van der Waals surface area contributed by atoms with Gasteiger partial charge in [0.05, 0.1) is 33.1 Å². The van der Waals surface area contributed by atoms with Crippen molar-refractivity contribution in [3.05, 3.63) is 76.4 Å². The molecular weight excluding hydrogens is 473 g/mol. The Kier molecular flexibility index (Phi) is 8.38. The SMILES string of the molecule is COc1ccc(CCN(C)C(=O)c2c(C)c(N3CCOCC3)c(C)n2Cc2cccc(F)c2)cc1OC. The Hall–Kier alpha value is -3.52.